The highest BCUT2D eigenvalue weighted by Gasteiger charge is 2.38. The summed E-state index contributed by atoms with van der Waals surface area (Å²) in [4.78, 5) is 17.0. The first kappa shape index (κ1) is 24.5. The van der Waals surface area contributed by atoms with Crippen molar-refractivity contribution >= 4 is 11.6 Å². The van der Waals surface area contributed by atoms with Gasteiger partial charge in [-0.25, -0.2) is 26.3 Å². The van der Waals surface area contributed by atoms with E-state index in [1.807, 2.05) is 0 Å². The van der Waals surface area contributed by atoms with Gasteiger partial charge in [-0.15, -0.1) is 0 Å². The molecule has 0 bridgehead atoms. The molecule has 1 atom stereocenters. The molecule has 3 heterocycles. The van der Waals surface area contributed by atoms with Gasteiger partial charge in [0.15, 0.2) is 6.61 Å². The average Bonchev–Trinajstić information content (AvgIpc) is 3.29. The van der Waals surface area contributed by atoms with Crippen molar-refractivity contribution in [2.24, 2.45) is 0 Å². The summed E-state index contributed by atoms with van der Waals surface area (Å²) >= 11 is 0. The van der Waals surface area contributed by atoms with Gasteiger partial charge in [-0.3, -0.25) is 9.78 Å². The van der Waals surface area contributed by atoms with E-state index in [0.717, 1.165) is 24.3 Å². The molecule has 1 amide bonds. The molecule has 186 valence electrons. The molecule has 1 fully saturated rings. The van der Waals surface area contributed by atoms with Gasteiger partial charge in [-0.1, -0.05) is 0 Å². The molecule has 2 aromatic heterocycles. The lowest BCUT2D eigenvalue weighted by Gasteiger charge is -2.30. The number of carbonyl (C=O) groups is 1. The van der Waals surface area contributed by atoms with Crippen molar-refractivity contribution in [3.63, 3.8) is 0 Å². The lowest BCUT2D eigenvalue weighted by molar-refractivity contribution is -0.146. The second kappa shape index (κ2) is 9.94. The van der Waals surface area contributed by atoms with Gasteiger partial charge in [0, 0.05) is 23.7 Å². The fourth-order valence-corrected chi connectivity index (χ4v) is 3.48. The van der Waals surface area contributed by atoms with Crippen molar-refractivity contribution in [1.82, 2.24) is 10.1 Å². The summed E-state index contributed by atoms with van der Waals surface area (Å²) in [6.45, 7) is -1.87. The predicted molar refractivity (Wildman–Crippen MR) is 108 cm³/mol. The van der Waals surface area contributed by atoms with Crippen LogP contribution in [0.15, 0.2) is 41.1 Å². The molecule has 3 aromatic rings. The van der Waals surface area contributed by atoms with Crippen LogP contribution in [0.2, 0.25) is 0 Å². The van der Waals surface area contributed by atoms with Crippen molar-refractivity contribution in [1.29, 1.82) is 0 Å². The molecule has 1 aromatic carbocycles. The summed E-state index contributed by atoms with van der Waals surface area (Å²) in [7, 11) is 0. The van der Waals surface area contributed by atoms with Crippen molar-refractivity contribution in [2.75, 3.05) is 18.5 Å². The highest BCUT2D eigenvalue weighted by atomic mass is 19.3. The summed E-state index contributed by atoms with van der Waals surface area (Å²) < 4.78 is 95.1. The number of ether oxygens (including phenoxy) is 2. The van der Waals surface area contributed by atoms with Crippen LogP contribution in [0.25, 0.3) is 11.1 Å². The number of hydrogen-bond acceptors (Lipinski definition) is 6. The second-order valence-corrected chi connectivity index (χ2v) is 7.62. The van der Waals surface area contributed by atoms with Gasteiger partial charge < -0.3 is 19.3 Å². The maximum absolute atomic E-state index is 14.6. The fourth-order valence-electron chi connectivity index (χ4n) is 3.48. The smallest absolute Gasteiger partial charge is 0.294 e. The maximum Gasteiger partial charge on any atom is 0.294 e. The Labute approximate surface area is 194 Å². The number of nitrogens with zero attached hydrogens (tertiary/aromatic N) is 2. The van der Waals surface area contributed by atoms with Gasteiger partial charge in [0.25, 0.3) is 24.1 Å². The molecule has 1 unspecified atom stereocenters. The van der Waals surface area contributed by atoms with Crippen LogP contribution in [0.5, 0.6) is 5.88 Å². The largest absolute Gasteiger partial charge is 0.469 e. The zero-order valence-corrected chi connectivity index (χ0v) is 17.7. The topological polar surface area (TPSA) is 86.5 Å². The van der Waals surface area contributed by atoms with Gasteiger partial charge in [0.05, 0.1) is 17.4 Å². The first-order chi connectivity index (χ1) is 16.6. The van der Waals surface area contributed by atoms with E-state index in [1.165, 1.54) is 12.3 Å². The average molecular weight is 501 g/mol. The Morgan fingerprint density at radius 2 is 2.00 bits per heavy atom. The third-order valence-electron chi connectivity index (χ3n) is 5.08. The molecule has 1 saturated heterocycles. The van der Waals surface area contributed by atoms with Gasteiger partial charge in [0.1, 0.15) is 24.3 Å². The molecule has 7 nitrogen and oxygen atoms in total. The highest BCUT2D eigenvalue weighted by molar-refractivity contribution is 6.05. The van der Waals surface area contributed by atoms with Crippen LogP contribution in [0.1, 0.15) is 35.2 Å². The molecule has 0 saturated carbocycles. The van der Waals surface area contributed by atoms with Crippen molar-refractivity contribution in [2.45, 2.75) is 31.3 Å². The number of aromatic nitrogens is 2. The van der Waals surface area contributed by atoms with E-state index < -0.39 is 61.4 Å². The SMILES string of the molecule is O=C(Nc1c(-c2cc(F)ccc2F)ccnc1C1CCC(F)(F)CO1)c1cc(OCC(F)F)no1. The van der Waals surface area contributed by atoms with Crippen LogP contribution < -0.4 is 10.1 Å². The molecule has 35 heavy (non-hydrogen) atoms. The van der Waals surface area contributed by atoms with E-state index in [9.17, 15) is 31.1 Å². The van der Waals surface area contributed by atoms with E-state index in [2.05, 4.69) is 20.2 Å². The molecule has 1 aliphatic heterocycles. The fraction of sp³-hybridized carbons (Fsp3) is 0.318. The molecule has 0 spiro atoms. The van der Waals surface area contributed by atoms with Crippen molar-refractivity contribution in [3.8, 4) is 17.0 Å². The van der Waals surface area contributed by atoms with Gasteiger partial charge in [0.2, 0.25) is 5.76 Å². The van der Waals surface area contributed by atoms with Crippen molar-refractivity contribution < 1.29 is 45.1 Å². The normalized spacial score (nSPS) is 17.4. The minimum Gasteiger partial charge on any atom is -0.469 e. The molecule has 0 aliphatic carbocycles. The Morgan fingerprint density at radius 3 is 2.71 bits per heavy atom. The molecule has 0 radical (unpaired) electrons. The van der Waals surface area contributed by atoms with Gasteiger partial charge in [-0.05, 0) is 35.8 Å². The van der Waals surface area contributed by atoms with E-state index >= 15 is 0 Å². The first-order valence-electron chi connectivity index (χ1n) is 10.3. The molecule has 4 rings (SSSR count). The third kappa shape index (κ3) is 5.73. The molecular formula is C22H17F6N3O4. The lowest BCUT2D eigenvalue weighted by atomic mass is 9.97. The zero-order chi connectivity index (χ0) is 25.2. The van der Waals surface area contributed by atoms with Crippen LogP contribution >= 0.6 is 0 Å². The number of benzene rings is 1. The Morgan fingerprint density at radius 1 is 1.20 bits per heavy atom. The summed E-state index contributed by atoms with van der Waals surface area (Å²) in [5.74, 6) is -6.42. The Bertz CT molecular complexity index is 1210. The Balaban J connectivity index is 1.70. The number of alkyl halides is 4. The number of anilines is 1. The number of amides is 1. The van der Waals surface area contributed by atoms with Crippen LogP contribution in [0, 0.1) is 11.6 Å². The van der Waals surface area contributed by atoms with E-state index in [0.29, 0.717) is 0 Å². The quantitative estimate of drug-likeness (QED) is 0.437. The van der Waals surface area contributed by atoms with E-state index in [1.54, 1.807) is 0 Å². The summed E-state index contributed by atoms with van der Waals surface area (Å²) in [5.41, 5.74) is -0.369. The monoisotopic (exact) mass is 501 g/mol. The third-order valence-corrected chi connectivity index (χ3v) is 5.08. The Kier molecular flexibility index (Phi) is 6.96. The first-order valence-corrected chi connectivity index (χ1v) is 10.3. The summed E-state index contributed by atoms with van der Waals surface area (Å²) in [6, 6.07) is 4.93. The zero-order valence-electron chi connectivity index (χ0n) is 17.7. The number of hydrogen-bond donors (Lipinski definition) is 1. The highest BCUT2D eigenvalue weighted by Crippen LogP contribution is 2.41. The number of halogens is 6. The predicted octanol–water partition coefficient (Wildman–Crippen LogP) is 5.40. The Hall–Kier alpha value is -3.61. The van der Waals surface area contributed by atoms with E-state index in [-0.39, 0.29) is 34.8 Å². The minimum absolute atomic E-state index is 0.00343. The number of carbonyl (C=O) groups excluding carboxylic acids is 1. The summed E-state index contributed by atoms with van der Waals surface area (Å²) in [5, 5.41) is 5.80. The van der Waals surface area contributed by atoms with Crippen LogP contribution in [0.4, 0.5) is 32.0 Å². The standard InChI is InChI=1S/C22H17F6N3O4/c23-11-1-2-14(24)13(7-11)12-4-6-29-20(15-3-5-22(27,28)10-34-15)19(12)30-21(32)16-8-18(31-35-16)33-9-17(25)26/h1-2,4,6-8,15,17H,3,5,9-10H2,(H,30,32). The van der Waals surface area contributed by atoms with Gasteiger partial charge >= 0.3 is 0 Å². The maximum atomic E-state index is 14.6. The minimum atomic E-state index is -3.04. The lowest BCUT2D eigenvalue weighted by Crippen LogP contribution is -2.31. The van der Waals surface area contributed by atoms with Crippen LogP contribution in [-0.2, 0) is 4.74 Å². The van der Waals surface area contributed by atoms with E-state index in [4.69, 9.17) is 9.26 Å². The van der Waals surface area contributed by atoms with Crippen molar-refractivity contribution in [3.05, 3.63) is 59.6 Å². The summed E-state index contributed by atoms with van der Waals surface area (Å²) in [6.07, 6.45) is -3.20. The number of nitrogens with one attached hydrogen (secondary N) is 1. The number of rotatable bonds is 7. The van der Waals surface area contributed by atoms with Crippen LogP contribution in [-0.4, -0.2) is 41.6 Å². The molecular weight excluding hydrogens is 484 g/mol. The molecule has 13 heteroatoms. The van der Waals surface area contributed by atoms with Gasteiger partial charge in [-0.2, -0.15) is 0 Å². The molecule has 1 aliphatic rings. The molecule has 1 N–H and O–H groups in total. The number of pyridine rings is 1. The van der Waals surface area contributed by atoms with Crippen LogP contribution in [0.3, 0.4) is 0 Å². The second-order valence-electron chi connectivity index (χ2n) is 7.62.